The number of ether oxygens (including phenoxy) is 3. The molecule has 3 aromatic rings. The van der Waals surface area contributed by atoms with Gasteiger partial charge in [-0.3, -0.25) is 0 Å². The summed E-state index contributed by atoms with van der Waals surface area (Å²) in [5, 5.41) is 0. The van der Waals surface area contributed by atoms with Crippen LogP contribution in [-0.4, -0.2) is 50.9 Å². The predicted octanol–water partition coefficient (Wildman–Crippen LogP) is 3.07. The average Bonchev–Trinajstić information content (AvgIpc) is 2.91. The molecule has 204 valence electrons. The van der Waals surface area contributed by atoms with Crippen LogP contribution in [0.25, 0.3) is 16.6 Å². The molecule has 0 spiro atoms. The van der Waals surface area contributed by atoms with Crippen LogP contribution in [0.15, 0.2) is 43.1 Å². The van der Waals surface area contributed by atoms with Gasteiger partial charge in [-0.25, -0.2) is 4.39 Å². The molecule has 0 amide bonds. The molecule has 5 rings (SSSR count). The molecular formula is C30H36FIN3O3-. The predicted molar refractivity (Wildman–Crippen MR) is 145 cm³/mol. The van der Waals surface area contributed by atoms with Crippen LogP contribution in [0.3, 0.4) is 0 Å². The Morgan fingerprint density at radius 2 is 2.13 bits per heavy atom. The van der Waals surface area contributed by atoms with Gasteiger partial charge in [-0.05, 0) is 13.0 Å². The van der Waals surface area contributed by atoms with Crippen molar-refractivity contribution in [3.05, 3.63) is 65.6 Å². The monoisotopic (exact) mass is 632 g/mol. The maximum atomic E-state index is 14.0. The molecule has 8 heteroatoms. The van der Waals surface area contributed by atoms with Crippen LogP contribution < -0.4 is 30.8 Å². The number of benzene rings is 2. The van der Waals surface area contributed by atoms with E-state index in [1.165, 1.54) is 23.0 Å². The van der Waals surface area contributed by atoms with E-state index in [9.17, 15) is 4.39 Å². The van der Waals surface area contributed by atoms with E-state index in [2.05, 4.69) is 17.5 Å². The van der Waals surface area contributed by atoms with Gasteiger partial charge in [-0.15, -0.1) is 0 Å². The first kappa shape index (κ1) is 27.3. The molecule has 2 aromatic carbocycles. The Kier molecular flexibility index (Phi) is 8.80. The van der Waals surface area contributed by atoms with Gasteiger partial charge < -0.3 is 0 Å². The van der Waals surface area contributed by atoms with Gasteiger partial charge in [0.15, 0.2) is 0 Å². The van der Waals surface area contributed by atoms with Crippen LogP contribution >= 0.6 is 0 Å². The number of nitrogens with zero attached hydrogens (tertiary/aromatic N) is 3. The quantitative estimate of drug-likeness (QED) is 0.281. The second kappa shape index (κ2) is 12.3. The minimum absolute atomic E-state index is 0.0444. The molecule has 3 atom stereocenters. The average molecular weight is 633 g/mol. The maximum absolute atomic E-state index is 14.0. The first-order valence-electron chi connectivity index (χ1n) is 13.3. The zero-order valence-electron chi connectivity index (χ0n) is 22.4. The van der Waals surface area contributed by atoms with Gasteiger partial charge in [0.2, 0.25) is 0 Å². The summed E-state index contributed by atoms with van der Waals surface area (Å²) in [7, 11) is 0. The van der Waals surface area contributed by atoms with Crippen molar-refractivity contribution >= 4 is 22.4 Å². The van der Waals surface area contributed by atoms with Crippen LogP contribution in [0.1, 0.15) is 55.9 Å². The third-order valence-electron chi connectivity index (χ3n) is 6.95. The number of hydrogen-bond donors (Lipinski definition) is 0. The fourth-order valence-electron chi connectivity index (χ4n) is 4.92. The molecule has 2 fully saturated rings. The van der Waals surface area contributed by atoms with E-state index in [0.717, 1.165) is 78.3 Å². The van der Waals surface area contributed by atoms with Crippen LogP contribution in [0, 0.1) is 12.7 Å². The molecule has 6 nitrogen and oxygen atoms in total. The Labute approximate surface area is 234 Å². The van der Waals surface area contributed by atoms with Gasteiger partial charge in [0.05, 0.1) is 0 Å². The molecule has 0 bridgehead atoms. The summed E-state index contributed by atoms with van der Waals surface area (Å²) in [5.41, 5.74) is 5.26. The summed E-state index contributed by atoms with van der Waals surface area (Å²) in [6.45, 7) is 13.4. The van der Waals surface area contributed by atoms with Crippen molar-refractivity contribution in [3.63, 3.8) is 0 Å². The molecule has 2 aliphatic heterocycles. The topological polar surface area (TPSA) is 56.7 Å². The fourth-order valence-corrected chi connectivity index (χ4v) is 7.88. The molecule has 2 unspecified atom stereocenters. The first-order valence-corrected chi connectivity index (χ1v) is 16.1. The minimum atomic E-state index is -0.355. The van der Waals surface area contributed by atoms with Crippen LogP contribution in [0.5, 0.6) is 5.75 Å². The van der Waals surface area contributed by atoms with E-state index in [1.54, 1.807) is 0 Å². The van der Waals surface area contributed by atoms with Gasteiger partial charge in [0.1, 0.15) is 0 Å². The molecule has 0 aliphatic carbocycles. The number of allylic oxidation sites excluding steroid dienone is 1. The fraction of sp³-hybridized carbons (Fsp3) is 0.467. The second-order valence-electron chi connectivity index (χ2n) is 10.2. The number of rotatable bonds is 8. The second-order valence-corrected chi connectivity index (χ2v) is 13.9. The van der Waals surface area contributed by atoms with Crippen molar-refractivity contribution in [2.75, 3.05) is 35.6 Å². The van der Waals surface area contributed by atoms with Crippen molar-refractivity contribution in [1.82, 2.24) is 9.97 Å². The molecule has 0 saturated carbocycles. The van der Waals surface area contributed by atoms with E-state index in [1.807, 2.05) is 39.1 Å². The Morgan fingerprint density at radius 3 is 2.89 bits per heavy atom. The third kappa shape index (κ3) is 6.63. The Balaban J connectivity index is 1.39. The van der Waals surface area contributed by atoms with E-state index in [-0.39, 0.29) is 39.4 Å². The van der Waals surface area contributed by atoms with E-state index >= 15 is 0 Å². The van der Waals surface area contributed by atoms with Gasteiger partial charge in [-0.1, -0.05) is 0 Å². The van der Waals surface area contributed by atoms with Crippen molar-refractivity contribution in [3.8, 4) is 5.75 Å². The molecule has 1 aromatic heterocycles. The Bertz CT molecular complexity index is 1280. The van der Waals surface area contributed by atoms with E-state index in [4.69, 9.17) is 24.2 Å². The number of fused-ring (bicyclic) bond motifs is 1. The number of aryl methyl sites for hydroxylation is 1. The van der Waals surface area contributed by atoms with E-state index in [0.29, 0.717) is 9.67 Å². The van der Waals surface area contributed by atoms with Crippen molar-refractivity contribution in [1.29, 1.82) is 0 Å². The van der Waals surface area contributed by atoms with Crippen molar-refractivity contribution < 1.29 is 39.8 Å². The molecular weight excluding hydrogens is 596 g/mol. The molecule has 3 heterocycles. The summed E-state index contributed by atoms with van der Waals surface area (Å²) >= 11 is 0.0711. The van der Waals surface area contributed by atoms with Crippen molar-refractivity contribution in [2.45, 2.75) is 56.4 Å². The normalized spacial score (nSPS) is 21.1. The number of anilines is 1. The van der Waals surface area contributed by atoms with E-state index < -0.39 is 0 Å². The summed E-state index contributed by atoms with van der Waals surface area (Å²) in [6.07, 6.45) is 4.78. The van der Waals surface area contributed by atoms with Gasteiger partial charge >= 0.3 is 218 Å². The standard InChI is InChI=1S/C30H36FIN3O3/c1-19(2)22-13-26(21(4)38-25-12-20(3)11-23(31)15-25)30-27(14-22)33-16-28(34-30)35-9-8-32-24(17-35)18-37-29-7-5-6-10-36-29/h11-16,21,24,29H,1,5-10,17-18H2,2-4H3/q-1/t21?,24-,29?/m0/s1. The summed E-state index contributed by atoms with van der Waals surface area (Å²) in [4.78, 5) is 12.3. The Morgan fingerprint density at radius 1 is 1.26 bits per heavy atom. The zero-order valence-corrected chi connectivity index (χ0v) is 24.5. The van der Waals surface area contributed by atoms with Crippen molar-refractivity contribution in [2.24, 2.45) is 0 Å². The number of halogens is 2. The summed E-state index contributed by atoms with van der Waals surface area (Å²) in [5.74, 6) is 1.06. The van der Waals surface area contributed by atoms with Crippen LogP contribution in [0.4, 0.5) is 10.2 Å². The number of hydrogen-bond acceptors (Lipinski definition) is 6. The summed E-state index contributed by atoms with van der Waals surface area (Å²) < 4.78 is 33.9. The van der Waals surface area contributed by atoms with Gasteiger partial charge in [0.25, 0.3) is 0 Å². The molecule has 38 heavy (non-hydrogen) atoms. The van der Waals surface area contributed by atoms with Gasteiger partial charge in [-0.2, -0.15) is 0 Å². The Hall–Kier alpha value is -2.30. The van der Waals surface area contributed by atoms with Crippen LogP contribution in [-0.2, 0) is 9.47 Å². The summed E-state index contributed by atoms with van der Waals surface area (Å²) in [6, 6.07) is 8.86. The van der Waals surface area contributed by atoms with Crippen LogP contribution in [0.2, 0.25) is 0 Å². The zero-order chi connectivity index (χ0) is 26.6. The molecule has 0 N–H and O–H groups in total. The molecule has 2 aliphatic rings. The first-order chi connectivity index (χ1) is 18.4. The SMILES string of the molecule is C=C(C)c1cc(C(C)Oc2cc(C)cc(F)c2)c2nc(N3CC[I-][C@H](COC4CCCCO4)C3)cnc2c1. The van der Waals surface area contributed by atoms with Gasteiger partial charge in [0, 0.05) is 0 Å². The molecule has 0 radical (unpaired) electrons. The number of alkyl halides is 2. The molecule has 2 saturated heterocycles. The third-order valence-corrected chi connectivity index (χ3v) is 10.1. The number of aromatic nitrogens is 2.